The lowest BCUT2D eigenvalue weighted by Gasteiger charge is -2.00. The Morgan fingerprint density at radius 1 is 1.92 bits per heavy atom. The fraction of sp³-hybridized carbons (Fsp3) is 0.500. The predicted octanol–water partition coefficient (Wildman–Crippen LogP) is 0.518. The predicted molar refractivity (Wildman–Crippen MR) is 50.9 cm³/mol. The molecule has 7 heteroatoms. The molecule has 0 aliphatic carbocycles. The molecule has 0 aromatic carbocycles. The molecule has 0 bridgehead atoms. The molecular weight excluding hydrogens is 210 g/mol. The molecule has 0 radical (unpaired) electrons. The summed E-state index contributed by atoms with van der Waals surface area (Å²) < 4.78 is 18.4. The summed E-state index contributed by atoms with van der Waals surface area (Å²) in [6.45, 7) is 1.78. The molecule has 13 heavy (non-hydrogen) atoms. The van der Waals surface area contributed by atoms with Gasteiger partial charge in [0.15, 0.2) is 0 Å². The van der Waals surface area contributed by atoms with Gasteiger partial charge in [-0.2, -0.15) is 0 Å². The molecule has 1 aromatic rings. The molecule has 0 saturated heterocycles. The second-order valence-corrected chi connectivity index (χ2v) is 5.66. The number of thiazole rings is 1. The Kier molecular flexibility index (Phi) is 3.01. The van der Waals surface area contributed by atoms with E-state index in [2.05, 4.69) is 4.98 Å². The van der Waals surface area contributed by atoms with E-state index in [0.717, 1.165) is 11.3 Å². The number of hydrogen-bond donors (Lipinski definition) is 3. The molecule has 0 aliphatic heterocycles. The lowest BCUT2D eigenvalue weighted by molar-refractivity contribution is 0.273. The summed E-state index contributed by atoms with van der Waals surface area (Å²) in [5.74, 6) is -0.0968. The quantitative estimate of drug-likeness (QED) is 0.693. The molecule has 0 aliphatic rings. The van der Waals surface area contributed by atoms with Gasteiger partial charge in [-0.25, -0.2) is 19.1 Å². The number of aliphatic hydroxyl groups is 1. The maximum Gasteiger partial charge on any atom is 0.143 e. The van der Waals surface area contributed by atoms with Crippen molar-refractivity contribution in [1.29, 1.82) is 4.78 Å². The van der Waals surface area contributed by atoms with Crippen LogP contribution in [0, 0.1) is 4.78 Å². The zero-order valence-corrected chi connectivity index (χ0v) is 8.69. The van der Waals surface area contributed by atoms with Crippen molar-refractivity contribution in [2.75, 3.05) is 6.61 Å². The van der Waals surface area contributed by atoms with Crippen LogP contribution in [0.5, 0.6) is 0 Å². The lowest BCUT2D eigenvalue weighted by Crippen LogP contribution is -2.07. The first kappa shape index (κ1) is 10.6. The Labute approximate surface area is 80.7 Å². The van der Waals surface area contributed by atoms with Crippen molar-refractivity contribution in [1.82, 2.24) is 4.98 Å². The molecule has 5 nitrogen and oxygen atoms in total. The zero-order valence-electron chi connectivity index (χ0n) is 7.06. The van der Waals surface area contributed by atoms with Crippen molar-refractivity contribution in [3.63, 3.8) is 0 Å². The summed E-state index contributed by atoms with van der Waals surface area (Å²) in [4.78, 5) is 3.93. The van der Waals surface area contributed by atoms with Crippen molar-refractivity contribution in [2.45, 2.75) is 17.1 Å². The zero-order chi connectivity index (χ0) is 10.1. The van der Waals surface area contributed by atoms with Crippen molar-refractivity contribution in [3.05, 3.63) is 11.2 Å². The highest BCUT2D eigenvalue weighted by molar-refractivity contribution is 7.92. The molecule has 2 atom stereocenters. The highest BCUT2D eigenvalue weighted by atomic mass is 32.2. The molecule has 1 heterocycles. The highest BCUT2D eigenvalue weighted by Gasteiger charge is 2.13. The van der Waals surface area contributed by atoms with Crippen LogP contribution in [-0.4, -0.2) is 20.9 Å². The maximum absolute atomic E-state index is 11.1. The first-order chi connectivity index (χ1) is 5.95. The summed E-state index contributed by atoms with van der Waals surface area (Å²) in [6.07, 6.45) is 1.33. The van der Waals surface area contributed by atoms with Gasteiger partial charge in [-0.15, -0.1) is 11.3 Å². The van der Waals surface area contributed by atoms with Gasteiger partial charge in [0.05, 0.1) is 17.8 Å². The summed E-state index contributed by atoms with van der Waals surface area (Å²) in [6, 6.07) is 0. The third-order valence-corrected chi connectivity index (χ3v) is 4.22. The minimum Gasteiger partial charge on any atom is -0.396 e. The smallest absolute Gasteiger partial charge is 0.143 e. The molecule has 0 amide bonds. The molecule has 0 saturated carbocycles. The van der Waals surface area contributed by atoms with E-state index in [1.807, 2.05) is 0 Å². The summed E-state index contributed by atoms with van der Waals surface area (Å²) >= 11 is 1.11. The van der Waals surface area contributed by atoms with Crippen molar-refractivity contribution < 1.29 is 9.32 Å². The minimum atomic E-state index is -3.15. The summed E-state index contributed by atoms with van der Waals surface area (Å²) in [5.41, 5.74) is 0. The van der Waals surface area contributed by atoms with Crippen LogP contribution in [0.25, 0.3) is 0 Å². The molecular formula is C6H11N3O2S2. The summed E-state index contributed by atoms with van der Waals surface area (Å²) in [7, 11) is -3.15. The largest absolute Gasteiger partial charge is 0.396 e. The van der Waals surface area contributed by atoms with Crippen LogP contribution in [0.1, 0.15) is 17.8 Å². The Bertz CT molecular complexity index is 384. The number of nitrogens with two attached hydrogens (primary N) is 1. The third kappa shape index (κ3) is 2.47. The minimum absolute atomic E-state index is 0.0171. The first-order valence-electron chi connectivity index (χ1n) is 3.58. The second-order valence-electron chi connectivity index (χ2n) is 2.70. The van der Waals surface area contributed by atoms with Crippen LogP contribution in [0.3, 0.4) is 0 Å². The fourth-order valence-electron chi connectivity index (χ4n) is 0.718. The topological polar surface area (TPSA) is 100 Å². The van der Waals surface area contributed by atoms with E-state index in [0.29, 0.717) is 5.01 Å². The Balaban J connectivity index is 3.00. The Morgan fingerprint density at radius 3 is 2.92 bits per heavy atom. The Morgan fingerprint density at radius 2 is 2.54 bits per heavy atom. The van der Waals surface area contributed by atoms with Crippen LogP contribution < -0.4 is 5.14 Å². The van der Waals surface area contributed by atoms with Crippen molar-refractivity contribution >= 4 is 21.3 Å². The molecule has 0 spiro atoms. The van der Waals surface area contributed by atoms with E-state index in [1.165, 1.54) is 6.20 Å². The van der Waals surface area contributed by atoms with E-state index in [9.17, 15) is 4.21 Å². The fourth-order valence-corrected chi connectivity index (χ4v) is 2.37. The van der Waals surface area contributed by atoms with E-state index < -0.39 is 9.92 Å². The SMILES string of the molecule is CC(CO)c1ncc(S(=N)(N)=O)s1. The van der Waals surface area contributed by atoms with E-state index in [1.54, 1.807) is 6.92 Å². The van der Waals surface area contributed by atoms with Crippen LogP contribution in [0.2, 0.25) is 0 Å². The van der Waals surface area contributed by atoms with Gasteiger partial charge in [0.1, 0.15) is 14.1 Å². The van der Waals surface area contributed by atoms with Crippen molar-refractivity contribution in [3.8, 4) is 0 Å². The number of rotatable bonds is 3. The number of nitrogens with zero attached hydrogens (tertiary/aromatic N) is 1. The Hall–Kier alpha value is -0.500. The molecule has 2 unspecified atom stereocenters. The second kappa shape index (κ2) is 3.70. The standard InChI is InChI=1S/C6H11N3O2S2/c1-4(3-10)6-9-2-5(12-6)13(7,8)11/h2,4,10H,3H2,1H3,(H3,7,8,11). The van der Waals surface area contributed by atoms with E-state index >= 15 is 0 Å². The average molecular weight is 221 g/mol. The molecule has 74 valence electrons. The van der Waals surface area contributed by atoms with Gasteiger partial charge in [0.25, 0.3) is 0 Å². The maximum atomic E-state index is 11.1. The number of hydrogen-bond acceptors (Lipinski definition) is 5. The normalized spacial score (nSPS) is 18.1. The number of aromatic nitrogens is 1. The highest BCUT2D eigenvalue weighted by Crippen LogP contribution is 2.23. The van der Waals surface area contributed by atoms with Crippen molar-refractivity contribution in [2.24, 2.45) is 5.14 Å². The molecule has 0 fully saturated rings. The molecule has 1 aromatic heterocycles. The van der Waals surface area contributed by atoms with Gasteiger partial charge in [0, 0.05) is 5.92 Å². The monoisotopic (exact) mass is 221 g/mol. The van der Waals surface area contributed by atoms with E-state index in [-0.39, 0.29) is 16.7 Å². The van der Waals surface area contributed by atoms with E-state index in [4.69, 9.17) is 15.0 Å². The third-order valence-electron chi connectivity index (χ3n) is 1.50. The molecule has 1 rings (SSSR count). The number of aliphatic hydroxyl groups excluding tert-OH is 1. The van der Waals surface area contributed by atoms with Crippen LogP contribution in [0.4, 0.5) is 0 Å². The number of nitrogens with one attached hydrogen (secondary N) is 1. The van der Waals surface area contributed by atoms with Crippen LogP contribution >= 0.6 is 11.3 Å². The van der Waals surface area contributed by atoms with Gasteiger partial charge >= 0.3 is 0 Å². The van der Waals surface area contributed by atoms with Gasteiger partial charge in [-0.05, 0) is 0 Å². The lowest BCUT2D eigenvalue weighted by atomic mass is 10.2. The van der Waals surface area contributed by atoms with Gasteiger partial charge < -0.3 is 5.11 Å². The average Bonchev–Trinajstić information content (AvgIpc) is 2.50. The van der Waals surface area contributed by atoms with Gasteiger partial charge in [0.2, 0.25) is 0 Å². The van der Waals surface area contributed by atoms with Crippen LogP contribution in [-0.2, 0) is 9.92 Å². The van der Waals surface area contributed by atoms with Crippen LogP contribution in [0.15, 0.2) is 10.4 Å². The summed E-state index contributed by atoms with van der Waals surface area (Å²) in [5, 5.41) is 14.6. The van der Waals surface area contributed by atoms with Gasteiger partial charge in [-0.1, -0.05) is 6.92 Å². The van der Waals surface area contributed by atoms with Gasteiger partial charge in [-0.3, -0.25) is 0 Å². The first-order valence-corrected chi connectivity index (χ1v) is 6.02. The molecule has 4 N–H and O–H groups in total.